The van der Waals surface area contributed by atoms with Gasteiger partial charge in [-0.1, -0.05) is 0 Å². The SMILES string of the molecule is Cn1cnnc1S(=O)(=O)C1CCN(C(=O)Cn2cncn2)CC1. The van der Waals surface area contributed by atoms with E-state index in [4.69, 9.17) is 0 Å². The average molecular weight is 339 g/mol. The summed E-state index contributed by atoms with van der Waals surface area (Å²) in [5.74, 6) is -0.0926. The molecule has 124 valence electrons. The van der Waals surface area contributed by atoms with Crippen molar-refractivity contribution in [1.29, 1.82) is 0 Å². The first kappa shape index (κ1) is 15.6. The van der Waals surface area contributed by atoms with Crippen LogP contribution in [0.25, 0.3) is 0 Å². The van der Waals surface area contributed by atoms with Gasteiger partial charge in [0.15, 0.2) is 0 Å². The number of sulfone groups is 1. The van der Waals surface area contributed by atoms with Gasteiger partial charge in [0.05, 0.1) is 5.25 Å². The van der Waals surface area contributed by atoms with Gasteiger partial charge >= 0.3 is 0 Å². The summed E-state index contributed by atoms with van der Waals surface area (Å²) >= 11 is 0. The van der Waals surface area contributed by atoms with Gasteiger partial charge in [0.25, 0.3) is 0 Å². The Labute approximate surface area is 133 Å². The number of carbonyl (C=O) groups excluding carboxylic acids is 1. The van der Waals surface area contributed by atoms with Crippen molar-refractivity contribution in [3.05, 3.63) is 19.0 Å². The molecular weight excluding hydrogens is 322 g/mol. The van der Waals surface area contributed by atoms with Crippen molar-refractivity contribution in [3.8, 4) is 0 Å². The Balaban J connectivity index is 1.62. The van der Waals surface area contributed by atoms with Crippen LogP contribution in [0.2, 0.25) is 0 Å². The summed E-state index contributed by atoms with van der Waals surface area (Å²) in [6, 6.07) is 0. The molecule has 11 heteroatoms. The molecule has 3 rings (SSSR count). The van der Waals surface area contributed by atoms with E-state index in [1.807, 2.05) is 0 Å². The van der Waals surface area contributed by atoms with Crippen LogP contribution in [0.5, 0.6) is 0 Å². The normalized spacial score (nSPS) is 16.7. The standard InChI is InChI=1S/C12H17N7O3S/c1-17-9-14-16-12(17)23(21,22)10-2-4-18(5-3-10)11(20)6-19-8-13-7-15-19/h7-10H,2-6H2,1H3. The molecule has 0 unspecified atom stereocenters. The molecule has 2 aromatic rings. The van der Waals surface area contributed by atoms with Gasteiger partial charge in [-0.3, -0.25) is 4.79 Å². The highest BCUT2D eigenvalue weighted by atomic mass is 32.2. The number of rotatable bonds is 4. The second-order valence-corrected chi connectivity index (χ2v) is 7.56. The zero-order chi connectivity index (χ0) is 16.4. The molecule has 0 radical (unpaired) electrons. The lowest BCUT2D eigenvalue weighted by molar-refractivity contribution is -0.132. The van der Waals surface area contributed by atoms with Crippen molar-refractivity contribution >= 4 is 15.7 Å². The second-order valence-electron chi connectivity index (χ2n) is 5.44. The van der Waals surface area contributed by atoms with Crippen LogP contribution in [0.15, 0.2) is 24.1 Å². The molecule has 1 fully saturated rings. The van der Waals surface area contributed by atoms with Crippen LogP contribution in [0.3, 0.4) is 0 Å². The number of hydrogen-bond donors (Lipinski definition) is 0. The van der Waals surface area contributed by atoms with Crippen molar-refractivity contribution in [2.24, 2.45) is 7.05 Å². The largest absolute Gasteiger partial charge is 0.341 e. The second kappa shape index (κ2) is 6.07. The molecule has 1 aliphatic heterocycles. The quantitative estimate of drug-likeness (QED) is 0.692. The van der Waals surface area contributed by atoms with E-state index in [1.165, 1.54) is 28.2 Å². The van der Waals surface area contributed by atoms with Crippen molar-refractivity contribution in [3.63, 3.8) is 0 Å². The predicted molar refractivity (Wildman–Crippen MR) is 77.8 cm³/mol. The minimum atomic E-state index is -3.52. The van der Waals surface area contributed by atoms with E-state index in [0.717, 1.165) is 0 Å². The Morgan fingerprint density at radius 1 is 1.30 bits per heavy atom. The Morgan fingerprint density at radius 3 is 2.61 bits per heavy atom. The fourth-order valence-corrected chi connectivity index (χ4v) is 4.39. The fraction of sp³-hybridized carbons (Fsp3) is 0.583. The zero-order valence-electron chi connectivity index (χ0n) is 12.6. The number of likely N-dealkylation sites (tertiary alicyclic amines) is 1. The molecule has 2 aromatic heterocycles. The molecule has 0 bridgehead atoms. The minimum Gasteiger partial charge on any atom is -0.341 e. The molecule has 0 saturated carbocycles. The average Bonchev–Trinajstić information content (AvgIpc) is 3.19. The molecule has 10 nitrogen and oxygen atoms in total. The van der Waals surface area contributed by atoms with E-state index in [0.29, 0.717) is 25.9 Å². The Hall–Kier alpha value is -2.30. The van der Waals surface area contributed by atoms with Crippen LogP contribution in [0.1, 0.15) is 12.8 Å². The number of carbonyl (C=O) groups is 1. The third kappa shape index (κ3) is 3.09. The highest BCUT2D eigenvalue weighted by Gasteiger charge is 2.35. The van der Waals surface area contributed by atoms with Crippen molar-refractivity contribution in [2.75, 3.05) is 13.1 Å². The van der Waals surface area contributed by atoms with Gasteiger partial charge in [0.1, 0.15) is 25.5 Å². The van der Waals surface area contributed by atoms with Crippen LogP contribution in [0, 0.1) is 0 Å². The van der Waals surface area contributed by atoms with E-state index in [9.17, 15) is 13.2 Å². The van der Waals surface area contributed by atoms with E-state index in [1.54, 1.807) is 11.9 Å². The summed E-state index contributed by atoms with van der Waals surface area (Å²) in [4.78, 5) is 17.6. The smallest absolute Gasteiger partial charge is 0.249 e. The van der Waals surface area contributed by atoms with Gasteiger partial charge in [-0.25, -0.2) is 18.1 Å². The van der Waals surface area contributed by atoms with Crippen LogP contribution >= 0.6 is 0 Å². The number of amides is 1. The van der Waals surface area contributed by atoms with Gasteiger partial charge < -0.3 is 9.47 Å². The lowest BCUT2D eigenvalue weighted by Crippen LogP contribution is -2.44. The maximum atomic E-state index is 12.6. The summed E-state index contributed by atoms with van der Waals surface area (Å²) in [6.07, 6.45) is 4.98. The van der Waals surface area contributed by atoms with Gasteiger partial charge in [-0.05, 0) is 12.8 Å². The fourth-order valence-electron chi connectivity index (χ4n) is 2.65. The van der Waals surface area contributed by atoms with Gasteiger partial charge in [0.2, 0.25) is 20.9 Å². The molecule has 0 N–H and O–H groups in total. The number of nitrogens with zero attached hydrogens (tertiary/aromatic N) is 7. The van der Waals surface area contributed by atoms with Crippen LogP contribution in [-0.2, 0) is 28.2 Å². The lowest BCUT2D eigenvalue weighted by atomic mass is 10.1. The molecule has 1 aliphatic rings. The first-order chi connectivity index (χ1) is 11.0. The maximum Gasteiger partial charge on any atom is 0.249 e. The molecule has 1 saturated heterocycles. The predicted octanol–water partition coefficient (Wildman–Crippen LogP) is -1.13. The molecule has 23 heavy (non-hydrogen) atoms. The van der Waals surface area contributed by atoms with Crippen LogP contribution in [0.4, 0.5) is 0 Å². The van der Waals surface area contributed by atoms with Crippen molar-refractivity contribution < 1.29 is 13.2 Å². The third-order valence-electron chi connectivity index (χ3n) is 3.92. The summed E-state index contributed by atoms with van der Waals surface area (Å²) in [7, 11) is -1.92. The zero-order valence-corrected chi connectivity index (χ0v) is 13.4. The summed E-state index contributed by atoms with van der Waals surface area (Å²) < 4.78 is 28.0. The Kier molecular flexibility index (Phi) is 4.11. The minimum absolute atomic E-state index is 0.0232. The molecule has 3 heterocycles. The Morgan fingerprint density at radius 2 is 2.04 bits per heavy atom. The van der Waals surface area contributed by atoms with E-state index in [-0.39, 0.29) is 17.6 Å². The van der Waals surface area contributed by atoms with Gasteiger partial charge in [-0.15, -0.1) is 10.2 Å². The van der Waals surface area contributed by atoms with E-state index < -0.39 is 15.1 Å². The topological polar surface area (TPSA) is 116 Å². The Bertz CT molecular complexity index is 775. The highest BCUT2D eigenvalue weighted by Crippen LogP contribution is 2.23. The summed E-state index contributed by atoms with van der Waals surface area (Å²) in [6.45, 7) is 0.908. The maximum absolute atomic E-state index is 12.6. The highest BCUT2D eigenvalue weighted by molar-refractivity contribution is 7.91. The van der Waals surface area contributed by atoms with Crippen LogP contribution < -0.4 is 0 Å². The van der Waals surface area contributed by atoms with Crippen molar-refractivity contribution in [1.82, 2.24) is 34.4 Å². The molecule has 0 aromatic carbocycles. The number of aromatic nitrogens is 6. The first-order valence-electron chi connectivity index (χ1n) is 7.16. The lowest BCUT2D eigenvalue weighted by Gasteiger charge is -2.31. The van der Waals surface area contributed by atoms with Gasteiger partial charge in [-0.2, -0.15) is 5.10 Å². The van der Waals surface area contributed by atoms with E-state index >= 15 is 0 Å². The third-order valence-corrected chi connectivity index (χ3v) is 6.15. The molecule has 0 spiro atoms. The first-order valence-corrected chi connectivity index (χ1v) is 8.71. The van der Waals surface area contributed by atoms with Gasteiger partial charge in [0, 0.05) is 20.1 Å². The van der Waals surface area contributed by atoms with E-state index in [2.05, 4.69) is 20.3 Å². The number of piperidine rings is 1. The number of hydrogen-bond acceptors (Lipinski definition) is 7. The molecule has 0 atom stereocenters. The summed E-state index contributed by atoms with van der Waals surface area (Å²) in [5.41, 5.74) is 0. The van der Waals surface area contributed by atoms with Crippen LogP contribution in [-0.4, -0.2) is 67.1 Å². The monoisotopic (exact) mass is 339 g/mol. The number of aryl methyl sites for hydroxylation is 1. The van der Waals surface area contributed by atoms with Crippen molar-refractivity contribution in [2.45, 2.75) is 29.8 Å². The summed E-state index contributed by atoms with van der Waals surface area (Å²) in [5, 5.41) is 10.6. The molecular formula is C12H17N7O3S. The molecule has 1 amide bonds. The molecule has 0 aliphatic carbocycles.